The number of aromatic nitrogens is 2. The quantitative estimate of drug-likeness (QED) is 0.888. The van der Waals surface area contributed by atoms with Crippen LogP contribution in [0, 0.1) is 11.7 Å². The van der Waals surface area contributed by atoms with E-state index in [9.17, 15) is 9.50 Å². The molecule has 112 valence electrons. The van der Waals surface area contributed by atoms with Crippen molar-refractivity contribution >= 4 is 5.82 Å². The van der Waals surface area contributed by atoms with Crippen LogP contribution in [0.25, 0.3) is 0 Å². The highest BCUT2D eigenvalue weighted by atomic mass is 19.1. The van der Waals surface area contributed by atoms with E-state index in [0.717, 1.165) is 12.4 Å². The Morgan fingerprint density at radius 1 is 1.14 bits per heavy atom. The maximum absolute atomic E-state index is 12.9. The molecule has 0 amide bonds. The SMILES string of the molecule is CC(C)CN(CC(O)c1ccc(F)cc1)c1cnccn1. The van der Waals surface area contributed by atoms with Gasteiger partial charge in [-0.2, -0.15) is 0 Å². The molecule has 0 spiro atoms. The van der Waals surface area contributed by atoms with Gasteiger partial charge in [0.05, 0.1) is 12.3 Å². The number of halogens is 1. The van der Waals surface area contributed by atoms with E-state index < -0.39 is 6.10 Å². The Morgan fingerprint density at radius 2 is 1.86 bits per heavy atom. The number of hydrogen-bond donors (Lipinski definition) is 1. The average molecular weight is 289 g/mol. The van der Waals surface area contributed by atoms with Gasteiger partial charge >= 0.3 is 0 Å². The lowest BCUT2D eigenvalue weighted by Crippen LogP contribution is -2.32. The van der Waals surface area contributed by atoms with E-state index in [-0.39, 0.29) is 5.82 Å². The van der Waals surface area contributed by atoms with Crippen molar-refractivity contribution in [2.45, 2.75) is 20.0 Å². The predicted octanol–water partition coefficient (Wildman–Crippen LogP) is 2.81. The molecule has 0 saturated heterocycles. The molecule has 2 aromatic rings. The molecular weight excluding hydrogens is 269 g/mol. The van der Waals surface area contributed by atoms with Crippen LogP contribution in [0.5, 0.6) is 0 Å². The monoisotopic (exact) mass is 289 g/mol. The molecule has 0 saturated carbocycles. The van der Waals surface area contributed by atoms with E-state index >= 15 is 0 Å². The molecule has 0 radical (unpaired) electrons. The molecule has 1 aromatic carbocycles. The average Bonchev–Trinajstić information content (AvgIpc) is 2.47. The van der Waals surface area contributed by atoms with Crippen LogP contribution >= 0.6 is 0 Å². The van der Waals surface area contributed by atoms with Crippen LogP contribution in [0.4, 0.5) is 10.2 Å². The maximum Gasteiger partial charge on any atom is 0.147 e. The summed E-state index contributed by atoms with van der Waals surface area (Å²) in [6, 6.07) is 5.91. The minimum Gasteiger partial charge on any atom is -0.387 e. The smallest absolute Gasteiger partial charge is 0.147 e. The topological polar surface area (TPSA) is 49.2 Å². The predicted molar refractivity (Wildman–Crippen MR) is 80.4 cm³/mol. The van der Waals surface area contributed by atoms with Gasteiger partial charge in [-0.3, -0.25) is 4.98 Å². The molecular formula is C16H20FN3O. The molecule has 1 unspecified atom stereocenters. The fourth-order valence-electron chi connectivity index (χ4n) is 2.16. The van der Waals surface area contributed by atoms with Crippen LogP contribution in [-0.4, -0.2) is 28.2 Å². The Morgan fingerprint density at radius 3 is 2.43 bits per heavy atom. The van der Waals surface area contributed by atoms with E-state index in [1.165, 1.54) is 12.1 Å². The van der Waals surface area contributed by atoms with Crippen molar-refractivity contribution in [2.75, 3.05) is 18.0 Å². The van der Waals surface area contributed by atoms with E-state index in [1.54, 1.807) is 30.7 Å². The molecule has 21 heavy (non-hydrogen) atoms. The third kappa shape index (κ3) is 4.49. The molecule has 0 aliphatic heterocycles. The fourth-order valence-corrected chi connectivity index (χ4v) is 2.16. The van der Waals surface area contributed by atoms with Crippen LogP contribution < -0.4 is 4.90 Å². The molecule has 2 rings (SSSR count). The van der Waals surface area contributed by atoms with Gasteiger partial charge in [-0.05, 0) is 23.6 Å². The minimum absolute atomic E-state index is 0.307. The first kappa shape index (κ1) is 15.4. The van der Waals surface area contributed by atoms with Gasteiger partial charge in [0.25, 0.3) is 0 Å². The first-order valence-corrected chi connectivity index (χ1v) is 7.00. The Labute approximate surface area is 124 Å². The highest BCUT2D eigenvalue weighted by Crippen LogP contribution is 2.19. The highest BCUT2D eigenvalue weighted by molar-refractivity contribution is 5.36. The molecule has 1 N–H and O–H groups in total. The molecule has 0 fully saturated rings. The lowest BCUT2D eigenvalue weighted by Gasteiger charge is -2.27. The van der Waals surface area contributed by atoms with Gasteiger partial charge in [0, 0.05) is 25.5 Å². The number of rotatable bonds is 6. The van der Waals surface area contributed by atoms with Crippen molar-refractivity contribution in [3.05, 3.63) is 54.2 Å². The normalized spacial score (nSPS) is 12.4. The van der Waals surface area contributed by atoms with Gasteiger partial charge in [0.1, 0.15) is 11.6 Å². The molecule has 5 heteroatoms. The zero-order valence-electron chi connectivity index (χ0n) is 12.3. The summed E-state index contributed by atoms with van der Waals surface area (Å²) in [5.41, 5.74) is 0.689. The van der Waals surface area contributed by atoms with Gasteiger partial charge in [-0.15, -0.1) is 0 Å². The molecule has 0 bridgehead atoms. The van der Waals surface area contributed by atoms with Crippen LogP contribution in [0.1, 0.15) is 25.5 Å². The Kier molecular flexibility index (Phi) is 5.22. The third-order valence-electron chi connectivity index (χ3n) is 3.11. The van der Waals surface area contributed by atoms with E-state index in [2.05, 4.69) is 23.8 Å². The van der Waals surface area contributed by atoms with Crippen molar-refractivity contribution in [2.24, 2.45) is 5.92 Å². The van der Waals surface area contributed by atoms with E-state index in [0.29, 0.717) is 18.0 Å². The minimum atomic E-state index is -0.702. The highest BCUT2D eigenvalue weighted by Gasteiger charge is 2.16. The second kappa shape index (κ2) is 7.13. The Hall–Kier alpha value is -2.01. The Bertz CT molecular complexity index is 545. The summed E-state index contributed by atoms with van der Waals surface area (Å²) in [5, 5.41) is 10.3. The standard InChI is InChI=1S/C16H20FN3O/c1-12(2)10-20(16-9-18-7-8-19-16)11-15(21)13-3-5-14(17)6-4-13/h3-9,12,15,21H,10-11H2,1-2H3. The van der Waals surface area contributed by atoms with Gasteiger partial charge in [-0.25, -0.2) is 9.37 Å². The lowest BCUT2D eigenvalue weighted by molar-refractivity contribution is 0.182. The third-order valence-corrected chi connectivity index (χ3v) is 3.11. The van der Waals surface area contributed by atoms with Gasteiger partial charge in [0.15, 0.2) is 0 Å². The number of hydrogen-bond acceptors (Lipinski definition) is 4. The van der Waals surface area contributed by atoms with Gasteiger partial charge in [-0.1, -0.05) is 26.0 Å². The summed E-state index contributed by atoms with van der Waals surface area (Å²) in [6.45, 7) is 5.36. The van der Waals surface area contributed by atoms with Crippen LogP contribution in [0.15, 0.2) is 42.9 Å². The molecule has 1 atom stereocenters. The van der Waals surface area contributed by atoms with Crippen molar-refractivity contribution in [1.82, 2.24) is 9.97 Å². The fraction of sp³-hybridized carbons (Fsp3) is 0.375. The lowest BCUT2D eigenvalue weighted by atomic mass is 10.1. The first-order chi connectivity index (χ1) is 10.1. The van der Waals surface area contributed by atoms with Crippen LogP contribution in [-0.2, 0) is 0 Å². The summed E-state index contributed by atoms with van der Waals surface area (Å²) in [6.07, 6.45) is 4.23. The summed E-state index contributed by atoms with van der Waals surface area (Å²) in [4.78, 5) is 10.3. The second-order valence-corrected chi connectivity index (χ2v) is 5.43. The molecule has 1 aromatic heterocycles. The summed E-state index contributed by atoms with van der Waals surface area (Å²) in [5.74, 6) is 0.846. The maximum atomic E-state index is 12.9. The molecule has 0 aliphatic carbocycles. The van der Waals surface area contributed by atoms with Crippen LogP contribution in [0.3, 0.4) is 0 Å². The number of aliphatic hydroxyl groups excluding tert-OH is 1. The van der Waals surface area contributed by atoms with E-state index in [4.69, 9.17) is 0 Å². The Balaban J connectivity index is 2.13. The first-order valence-electron chi connectivity index (χ1n) is 7.00. The zero-order valence-corrected chi connectivity index (χ0v) is 12.3. The summed E-state index contributed by atoms with van der Waals surface area (Å²) in [7, 11) is 0. The number of benzene rings is 1. The van der Waals surface area contributed by atoms with Gasteiger partial charge < -0.3 is 10.0 Å². The summed E-state index contributed by atoms with van der Waals surface area (Å²) >= 11 is 0. The molecule has 0 aliphatic rings. The summed E-state index contributed by atoms with van der Waals surface area (Å²) < 4.78 is 12.9. The van der Waals surface area contributed by atoms with Crippen molar-refractivity contribution in [3.8, 4) is 0 Å². The molecule has 1 heterocycles. The number of anilines is 1. The largest absolute Gasteiger partial charge is 0.387 e. The van der Waals surface area contributed by atoms with Crippen molar-refractivity contribution < 1.29 is 9.50 Å². The zero-order chi connectivity index (χ0) is 15.2. The second-order valence-electron chi connectivity index (χ2n) is 5.43. The van der Waals surface area contributed by atoms with Crippen molar-refractivity contribution in [1.29, 1.82) is 0 Å². The van der Waals surface area contributed by atoms with Gasteiger partial charge in [0.2, 0.25) is 0 Å². The van der Waals surface area contributed by atoms with E-state index in [1.807, 2.05) is 4.90 Å². The number of aliphatic hydroxyl groups is 1. The van der Waals surface area contributed by atoms with Crippen molar-refractivity contribution in [3.63, 3.8) is 0 Å². The molecule has 4 nitrogen and oxygen atoms in total. The number of nitrogens with zero attached hydrogens (tertiary/aromatic N) is 3. The van der Waals surface area contributed by atoms with Crippen LogP contribution in [0.2, 0.25) is 0 Å².